The molecule has 1 aromatic rings. The Hall–Kier alpha value is -1.47. The molecule has 2 aliphatic rings. The van der Waals surface area contributed by atoms with Crippen molar-refractivity contribution in [1.29, 1.82) is 0 Å². The van der Waals surface area contributed by atoms with Crippen LogP contribution < -0.4 is 0 Å². The molecule has 1 aromatic heterocycles. The van der Waals surface area contributed by atoms with Gasteiger partial charge in [0.1, 0.15) is 5.69 Å². The number of piperidine rings is 1. The zero-order valence-electron chi connectivity index (χ0n) is 12.1. The Balaban J connectivity index is 1.80. The summed E-state index contributed by atoms with van der Waals surface area (Å²) in [5.74, 6) is -0.475. The number of hydrogen-bond donors (Lipinski definition) is 0. The Morgan fingerprint density at radius 2 is 1.95 bits per heavy atom. The van der Waals surface area contributed by atoms with Crippen molar-refractivity contribution in [2.24, 2.45) is 5.92 Å². The normalized spacial score (nSPS) is 29.4. The van der Waals surface area contributed by atoms with Gasteiger partial charge in [0.2, 0.25) is 0 Å². The molecule has 0 saturated carbocycles. The van der Waals surface area contributed by atoms with Crippen molar-refractivity contribution in [2.75, 3.05) is 20.3 Å². The van der Waals surface area contributed by atoms with Crippen LogP contribution in [0, 0.1) is 5.92 Å². The molecule has 2 bridgehead atoms. The van der Waals surface area contributed by atoms with E-state index in [1.807, 2.05) is 7.05 Å². The molecule has 2 atom stereocenters. The number of rotatable bonds is 2. The summed E-state index contributed by atoms with van der Waals surface area (Å²) in [4.78, 5) is 18.1. The molecule has 2 aliphatic heterocycles. The van der Waals surface area contributed by atoms with Crippen molar-refractivity contribution in [3.05, 3.63) is 29.6 Å². The molecular formula is C15H17F3N2O2. The average Bonchev–Trinajstić information content (AvgIpc) is 2.45. The molecule has 2 unspecified atom stereocenters. The minimum Gasteiger partial charge on any atom is -0.378 e. The maximum absolute atomic E-state index is 12.7. The van der Waals surface area contributed by atoms with Gasteiger partial charge < -0.3 is 4.74 Å². The summed E-state index contributed by atoms with van der Waals surface area (Å²) in [6.45, 7) is 1.14. The number of aromatic nitrogens is 1. The third kappa shape index (κ3) is 2.87. The van der Waals surface area contributed by atoms with Gasteiger partial charge in [0.05, 0.1) is 13.2 Å². The fraction of sp³-hybridized carbons (Fsp3) is 0.600. The number of Topliss-reactive ketones (excluding diaryl/α,β-unsaturated/α-hetero) is 1. The molecule has 3 heterocycles. The fourth-order valence-electron chi connectivity index (χ4n) is 3.28. The standard InChI is InChI=1S/C15H17F3N2O2/c1-20-11-4-10(5-12(20)8-22-7-11)14(21)9-2-3-19-13(6-9)15(16,17)18/h2-3,6,10-12H,4-5,7-8H2,1H3. The van der Waals surface area contributed by atoms with Crippen LogP contribution in [-0.2, 0) is 10.9 Å². The van der Waals surface area contributed by atoms with Gasteiger partial charge in [-0.25, -0.2) is 0 Å². The number of morpholine rings is 1. The van der Waals surface area contributed by atoms with Gasteiger partial charge in [-0.15, -0.1) is 0 Å². The van der Waals surface area contributed by atoms with Crippen LogP contribution in [0.4, 0.5) is 13.2 Å². The summed E-state index contributed by atoms with van der Waals surface area (Å²) in [6.07, 6.45) is -2.24. The molecule has 0 amide bonds. The van der Waals surface area contributed by atoms with Gasteiger partial charge in [0.15, 0.2) is 5.78 Å². The van der Waals surface area contributed by atoms with E-state index in [2.05, 4.69) is 9.88 Å². The van der Waals surface area contributed by atoms with E-state index in [4.69, 9.17) is 4.74 Å². The second-order valence-corrected chi connectivity index (χ2v) is 5.97. The van der Waals surface area contributed by atoms with Gasteiger partial charge >= 0.3 is 6.18 Å². The minimum absolute atomic E-state index is 0.0934. The summed E-state index contributed by atoms with van der Waals surface area (Å²) in [5.41, 5.74) is -0.925. The van der Waals surface area contributed by atoms with E-state index in [1.54, 1.807) is 0 Å². The summed E-state index contributed by atoms with van der Waals surface area (Å²) >= 11 is 0. The molecule has 0 radical (unpaired) electrons. The first-order valence-corrected chi connectivity index (χ1v) is 7.23. The Bertz CT molecular complexity index is 562. The quantitative estimate of drug-likeness (QED) is 0.786. The Kier molecular flexibility index (Phi) is 3.94. The average molecular weight is 314 g/mol. The molecule has 7 heteroatoms. The largest absolute Gasteiger partial charge is 0.433 e. The van der Waals surface area contributed by atoms with Crippen LogP contribution in [0.2, 0.25) is 0 Å². The lowest BCUT2D eigenvalue weighted by atomic mass is 9.81. The molecule has 0 N–H and O–H groups in total. The van der Waals surface area contributed by atoms with E-state index in [9.17, 15) is 18.0 Å². The number of likely N-dealkylation sites (N-methyl/N-ethyl adjacent to an activating group) is 1. The predicted octanol–water partition coefficient (Wildman–Crippen LogP) is 2.39. The fourth-order valence-corrected chi connectivity index (χ4v) is 3.28. The van der Waals surface area contributed by atoms with Gasteiger partial charge in [0.25, 0.3) is 0 Å². The van der Waals surface area contributed by atoms with Crippen LogP contribution >= 0.6 is 0 Å². The van der Waals surface area contributed by atoms with E-state index in [0.717, 1.165) is 12.3 Å². The van der Waals surface area contributed by atoms with Crippen LogP contribution in [0.1, 0.15) is 28.9 Å². The highest BCUT2D eigenvalue weighted by atomic mass is 19.4. The molecule has 22 heavy (non-hydrogen) atoms. The first kappa shape index (κ1) is 15.4. The number of fused-ring (bicyclic) bond motifs is 2. The number of pyridine rings is 1. The number of ketones is 1. The smallest absolute Gasteiger partial charge is 0.378 e. The first-order chi connectivity index (χ1) is 10.4. The number of alkyl halides is 3. The lowest BCUT2D eigenvalue weighted by Gasteiger charge is -2.46. The summed E-state index contributed by atoms with van der Waals surface area (Å²) in [6, 6.07) is 2.53. The first-order valence-electron chi connectivity index (χ1n) is 7.23. The van der Waals surface area contributed by atoms with Crippen LogP contribution in [0.25, 0.3) is 0 Å². The van der Waals surface area contributed by atoms with Crippen molar-refractivity contribution < 1.29 is 22.7 Å². The van der Waals surface area contributed by atoms with Gasteiger partial charge in [0, 0.05) is 29.8 Å². The summed E-state index contributed by atoms with van der Waals surface area (Å²) in [5, 5.41) is 0. The van der Waals surface area contributed by atoms with E-state index in [-0.39, 0.29) is 29.3 Å². The van der Waals surface area contributed by atoms with Crippen LogP contribution in [0.15, 0.2) is 18.3 Å². The van der Waals surface area contributed by atoms with Crippen molar-refractivity contribution in [1.82, 2.24) is 9.88 Å². The number of nitrogens with zero attached hydrogens (tertiary/aromatic N) is 2. The lowest BCUT2D eigenvalue weighted by Crippen LogP contribution is -2.55. The zero-order chi connectivity index (χ0) is 15.9. The molecule has 3 rings (SSSR count). The second kappa shape index (κ2) is 5.62. The topological polar surface area (TPSA) is 42.4 Å². The number of ether oxygens (including phenoxy) is 1. The molecule has 120 valence electrons. The van der Waals surface area contributed by atoms with Gasteiger partial charge in [-0.05, 0) is 32.0 Å². The molecule has 0 spiro atoms. The maximum Gasteiger partial charge on any atom is 0.433 e. The predicted molar refractivity (Wildman–Crippen MR) is 72.5 cm³/mol. The van der Waals surface area contributed by atoms with Crippen LogP contribution in [-0.4, -0.2) is 48.0 Å². The number of carbonyl (C=O) groups excluding carboxylic acids is 1. The zero-order valence-corrected chi connectivity index (χ0v) is 12.1. The number of hydrogen-bond acceptors (Lipinski definition) is 4. The highest BCUT2D eigenvalue weighted by Crippen LogP contribution is 2.33. The highest BCUT2D eigenvalue weighted by molar-refractivity contribution is 5.98. The summed E-state index contributed by atoms with van der Waals surface area (Å²) in [7, 11) is 2.01. The number of carbonyl (C=O) groups is 1. The van der Waals surface area contributed by atoms with Gasteiger partial charge in [-0.2, -0.15) is 13.2 Å². The van der Waals surface area contributed by atoms with Crippen molar-refractivity contribution in [3.63, 3.8) is 0 Å². The van der Waals surface area contributed by atoms with Crippen LogP contribution in [0.5, 0.6) is 0 Å². The molecule has 2 saturated heterocycles. The summed E-state index contributed by atoms with van der Waals surface area (Å²) < 4.78 is 43.6. The van der Waals surface area contributed by atoms with Crippen molar-refractivity contribution in [3.8, 4) is 0 Å². The molecule has 2 fully saturated rings. The van der Waals surface area contributed by atoms with E-state index < -0.39 is 11.9 Å². The molecule has 0 aliphatic carbocycles. The SMILES string of the molecule is CN1C2COCC1CC(C(=O)c1ccnc(C(F)(F)F)c1)C2. The van der Waals surface area contributed by atoms with Gasteiger partial charge in [-0.3, -0.25) is 14.7 Å². The second-order valence-electron chi connectivity index (χ2n) is 5.97. The van der Waals surface area contributed by atoms with Crippen molar-refractivity contribution >= 4 is 5.78 Å². The molecular weight excluding hydrogens is 297 g/mol. The monoisotopic (exact) mass is 314 g/mol. The van der Waals surface area contributed by atoms with Crippen molar-refractivity contribution in [2.45, 2.75) is 31.1 Å². The Labute approximate surface area is 126 Å². The van der Waals surface area contributed by atoms with Gasteiger partial charge in [-0.1, -0.05) is 0 Å². The third-order valence-electron chi connectivity index (χ3n) is 4.59. The Morgan fingerprint density at radius 1 is 1.32 bits per heavy atom. The van der Waals surface area contributed by atoms with E-state index >= 15 is 0 Å². The van der Waals surface area contributed by atoms with E-state index in [1.165, 1.54) is 6.07 Å². The van der Waals surface area contributed by atoms with E-state index in [0.29, 0.717) is 26.1 Å². The maximum atomic E-state index is 12.7. The lowest BCUT2D eigenvalue weighted by molar-refractivity contribution is -0.141. The third-order valence-corrected chi connectivity index (χ3v) is 4.59. The molecule has 0 aromatic carbocycles. The van der Waals surface area contributed by atoms with Crippen LogP contribution in [0.3, 0.4) is 0 Å². The highest BCUT2D eigenvalue weighted by Gasteiger charge is 2.40. The Morgan fingerprint density at radius 3 is 2.55 bits per heavy atom. The minimum atomic E-state index is -4.53. The number of halogens is 3. The molecule has 4 nitrogen and oxygen atoms in total.